The van der Waals surface area contributed by atoms with Crippen LogP contribution in [0.1, 0.15) is 72.5 Å². The van der Waals surface area contributed by atoms with Crippen LogP contribution in [0.4, 0.5) is 11.9 Å². The van der Waals surface area contributed by atoms with E-state index in [0.29, 0.717) is 67.3 Å². The number of nitrogens with one attached hydrogen (secondary N) is 2. The average Bonchev–Trinajstić information content (AvgIpc) is 3.31. The van der Waals surface area contributed by atoms with Crippen LogP contribution in [0.25, 0.3) is 0 Å². The number of benzene rings is 4. The van der Waals surface area contributed by atoms with Gasteiger partial charge in [0.1, 0.15) is 50.1 Å². The maximum absolute atomic E-state index is 11.4. The first-order chi connectivity index (χ1) is 33.1. The van der Waals surface area contributed by atoms with E-state index in [9.17, 15) is 27.4 Å². The zero-order valence-electron chi connectivity index (χ0n) is 38.8. The zero-order valence-corrected chi connectivity index (χ0v) is 43.4. The minimum atomic E-state index is -3.47. The molecule has 4 aromatic carbocycles. The van der Waals surface area contributed by atoms with E-state index in [1.54, 1.807) is 36.4 Å². The Hall–Kier alpha value is -6.12. The summed E-state index contributed by atoms with van der Waals surface area (Å²) in [6, 6.07) is 29.8. The number of ether oxygens (including phenoxy) is 4. The van der Waals surface area contributed by atoms with Gasteiger partial charge in [-0.1, -0.05) is 75.2 Å². The van der Waals surface area contributed by atoms with E-state index in [2.05, 4.69) is 41.5 Å². The van der Waals surface area contributed by atoms with Crippen LogP contribution in [0.15, 0.2) is 97.3 Å². The fraction of sp³-hybridized carbons (Fsp3) is 0.292. The van der Waals surface area contributed by atoms with Crippen molar-refractivity contribution in [3.8, 4) is 35.1 Å². The van der Waals surface area contributed by atoms with Crippen LogP contribution < -0.4 is 28.4 Å². The van der Waals surface area contributed by atoms with Crippen molar-refractivity contribution in [2.75, 3.05) is 46.9 Å². The second kappa shape index (κ2) is 24.1. The standard InChI is InChI=1S/2C24H24Cl2N4O4S/c2*1-24(2,18-12-16(14-27)22(21(26)13-18)33-11-9-25)17-4-6-20(7-5-17)34-15-19-8-10-28-23(29-19)30-35(3,31)32/h2*4-8,10,12-13H,9,11,15H2,1-3H3,(H,28,29,30). The van der Waals surface area contributed by atoms with Crippen LogP contribution in [0.5, 0.6) is 23.0 Å². The summed E-state index contributed by atoms with van der Waals surface area (Å²) in [6.07, 6.45) is 4.97. The van der Waals surface area contributed by atoms with Gasteiger partial charge >= 0.3 is 0 Å². The van der Waals surface area contributed by atoms with Gasteiger partial charge in [-0.15, -0.1) is 23.2 Å². The van der Waals surface area contributed by atoms with Crippen LogP contribution in [-0.2, 0) is 44.1 Å². The van der Waals surface area contributed by atoms with Gasteiger partial charge < -0.3 is 18.9 Å². The van der Waals surface area contributed by atoms with Crippen molar-refractivity contribution in [2.24, 2.45) is 0 Å². The number of nitriles is 2. The van der Waals surface area contributed by atoms with Gasteiger partial charge in [0.05, 0.1) is 56.8 Å². The number of aromatic nitrogens is 4. The van der Waals surface area contributed by atoms with Crippen molar-refractivity contribution in [3.05, 3.63) is 152 Å². The summed E-state index contributed by atoms with van der Waals surface area (Å²) in [4.78, 5) is 16.0. The summed E-state index contributed by atoms with van der Waals surface area (Å²) < 4.78 is 72.6. The molecule has 0 saturated carbocycles. The van der Waals surface area contributed by atoms with Gasteiger partial charge in [0, 0.05) is 23.2 Å². The summed E-state index contributed by atoms with van der Waals surface area (Å²) in [6.45, 7) is 8.91. The Kier molecular flexibility index (Phi) is 18.9. The van der Waals surface area contributed by atoms with Gasteiger partial charge in [0.2, 0.25) is 31.9 Å². The highest BCUT2D eigenvalue weighted by Gasteiger charge is 2.28. The van der Waals surface area contributed by atoms with Crippen LogP contribution in [0.3, 0.4) is 0 Å². The number of anilines is 2. The molecule has 0 atom stereocenters. The fourth-order valence-electron chi connectivity index (χ4n) is 6.62. The number of alkyl halides is 2. The van der Waals surface area contributed by atoms with Crippen molar-refractivity contribution in [2.45, 2.75) is 51.7 Å². The third-order valence-electron chi connectivity index (χ3n) is 10.3. The number of nitrogens with zero attached hydrogens (tertiary/aromatic N) is 6. The van der Waals surface area contributed by atoms with Gasteiger partial charge in [-0.25, -0.2) is 36.8 Å². The molecule has 16 nitrogen and oxygen atoms in total. The molecule has 0 aliphatic heterocycles. The first kappa shape index (κ1) is 54.8. The van der Waals surface area contributed by atoms with Crippen molar-refractivity contribution >= 4 is 78.3 Å². The van der Waals surface area contributed by atoms with Gasteiger partial charge in [-0.2, -0.15) is 10.5 Å². The Morgan fingerprint density at radius 2 is 0.914 bits per heavy atom. The first-order valence-corrected chi connectivity index (χ1v) is 26.6. The fourth-order valence-corrected chi connectivity index (χ4v) is 8.18. The minimum Gasteiger partial charge on any atom is -0.489 e. The molecule has 0 saturated heterocycles. The monoisotopic (exact) mass is 1070 g/mol. The van der Waals surface area contributed by atoms with E-state index in [4.69, 9.17) is 65.4 Å². The number of sulfonamides is 2. The van der Waals surface area contributed by atoms with E-state index in [1.165, 1.54) is 12.4 Å². The molecular formula is C48H48Cl4N8O8S2. The zero-order chi connectivity index (χ0) is 51.3. The molecule has 2 N–H and O–H groups in total. The molecule has 0 aliphatic rings. The average molecular weight is 1070 g/mol. The second-order valence-electron chi connectivity index (χ2n) is 16.3. The molecule has 2 heterocycles. The molecule has 0 amide bonds. The van der Waals surface area contributed by atoms with Crippen LogP contribution in [-0.4, -0.2) is 74.3 Å². The van der Waals surface area contributed by atoms with Gasteiger partial charge in [-0.05, 0) is 82.9 Å². The van der Waals surface area contributed by atoms with Crippen molar-refractivity contribution in [3.63, 3.8) is 0 Å². The summed E-state index contributed by atoms with van der Waals surface area (Å²) in [5.41, 5.74) is 4.50. The molecule has 0 spiro atoms. The van der Waals surface area contributed by atoms with Crippen molar-refractivity contribution < 1.29 is 35.8 Å². The molecule has 0 fully saturated rings. The Morgan fingerprint density at radius 3 is 1.23 bits per heavy atom. The predicted molar refractivity (Wildman–Crippen MR) is 272 cm³/mol. The smallest absolute Gasteiger partial charge is 0.236 e. The molecule has 0 bridgehead atoms. The molecule has 6 rings (SSSR count). The Labute approximate surface area is 428 Å². The molecule has 22 heteroatoms. The van der Waals surface area contributed by atoms with Gasteiger partial charge in [0.25, 0.3) is 0 Å². The van der Waals surface area contributed by atoms with Gasteiger partial charge in [-0.3, -0.25) is 9.44 Å². The van der Waals surface area contributed by atoms with Gasteiger partial charge in [0.15, 0.2) is 11.5 Å². The maximum atomic E-state index is 11.4. The highest BCUT2D eigenvalue weighted by Crippen LogP contribution is 2.40. The third kappa shape index (κ3) is 15.4. The van der Waals surface area contributed by atoms with Crippen molar-refractivity contribution in [1.29, 1.82) is 10.5 Å². The third-order valence-corrected chi connectivity index (χ3v) is 12.3. The Morgan fingerprint density at radius 1 is 0.557 bits per heavy atom. The summed E-state index contributed by atoms with van der Waals surface area (Å²) >= 11 is 24.2. The molecule has 6 aromatic rings. The molecule has 0 aliphatic carbocycles. The molecule has 0 radical (unpaired) electrons. The first-order valence-electron chi connectivity index (χ1n) is 21.0. The normalized spacial score (nSPS) is 11.5. The van der Waals surface area contributed by atoms with Crippen LogP contribution in [0, 0.1) is 22.7 Å². The molecule has 368 valence electrons. The lowest BCUT2D eigenvalue weighted by Gasteiger charge is -2.27. The lowest BCUT2D eigenvalue weighted by atomic mass is 9.77. The van der Waals surface area contributed by atoms with E-state index in [0.717, 1.165) is 34.8 Å². The topological polar surface area (TPSA) is 228 Å². The Balaban J connectivity index is 0.000000261. The highest BCUT2D eigenvalue weighted by atomic mass is 35.5. The van der Waals surface area contributed by atoms with E-state index >= 15 is 0 Å². The molecule has 2 aromatic heterocycles. The quantitative estimate of drug-likeness (QED) is 0.0679. The minimum absolute atomic E-state index is 0.0137. The summed E-state index contributed by atoms with van der Waals surface area (Å²) in [5, 5.41) is 19.9. The van der Waals surface area contributed by atoms with Crippen molar-refractivity contribution in [1.82, 2.24) is 19.9 Å². The van der Waals surface area contributed by atoms with Crippen LogP contribution in [0.2, 0.25) is 10.0 Å². The molecule has 70 heavy (non-hydrogen) atoms. The largest absolute Gasteiger partial charge is 0.489 e. The molecular weight excluding hydrogens is 1020 g/mol. The second-order valence-corrected chi connectivity index (χ2v) is 21.4. The summed E-state index contributed by atoms with van der Waals surface area (Å²) in [5.74, 6) is 2.44. The molecule has 0 unspecified atom stereocenters. The van der Waals surface area contributed by atoms with E-state index < -0.39 is 30.9 Å². The van der Waals surface area contributed by atoms with E-state index in [1.807, 2.05) is 76.2 Å². The SMILES string of the molecule is CC(C)(c1ccc(OCc2ccnc(NS(C)(=O)=O)n2)cc1)c1cc(Cl)c(OCCCl)c(C#N)c1.CC(C)(c1ccc(OCc2ccnc(NS(C)(=O)=O)n2)cc1)c1cc(Cl)c(OCCCl)c(C#N)c1. The highest BCUT2D eigenvalue weighted by molar-refractivity contribution is 7.92. The maximum Gasteiger partial charge on any atom is 0.236 e. The van der Waals surface area contributed by atoms with Crippen LogP contribution >= 0.6 is 46.4 Å². The lowest BCUT2D eigenvalue weighted by molar-refractivity contribution is 0.301. The predicted octanol–water partition coefficient (Wildman–Crippen LogP) is 9.79. The Bertz CT molecular complexity index is 2890. The number of rotatable bonds is 20. The van der Waals surface area contributed by atoms with E-state index in [-0.39, 0.29) is 38.3 Å². The number of hydrogen-bond donors (Lipinski definition) is 2. The summed E-state index contributed by atoms with van der Waals surface area (Å²) in [7, 11) is -6.94. The number of halogens is 4. The number of hydrogen-bond acceptors (Lipinski definition) is 14. The lowest BCUT2D eigenvalue weighted by Crippen LogP contribution is -2.19.